The van der Waals surface area contributed by atoms with Crippen molar-refractivity contribution in [1.82, 2.24) is 4.53 Å². The Kier molecular flexibility index (Phi) is 9.73. The average Bonchev–Trinajstić information content (AvgIpc) is 2.54. The molecule has 1 unspecified atom stereocenters. The summed E-state index contributed by atoms with van der Waals surface area (Å²) in [7, 11) is 0. The molecule has 0 saturated carbocycles. The van der Waals surface area contributed by atoms with Gasteiger partial charge in [0, 0.05) is 5.02 Å². The number of carbonyl (C=O) groups is 2. The number of rotatable bonds is 2. The van der Waals surface area contributed by atoms with Crippen molar-refractivity contribution >= 4 is 47.6 Å². The number of amides is 2. The van der Waals surface area contributed by atoms with Crippen molar-refractivity contribution in [2.45, 2.75) is 26.3 Å². The lowest BCUT2D eigenvalue weighted by Crippen LogP contribution is -3.25. The molecule has 4 nitrogen and oxygen atoms in total. The van der Waals surface area contributed by atoms with E-state index in [0.717, 1.165) is 6.07 Å². The van der Waals surface area contributed by atoms with E-state index in [1.54, 1.807) is 45.0 Å². The molecule has 2 aromatic rings. The molecule has 0 spiro atoms. The summed E-state index contributed by atoms with van der Waals surface area (Å²) in [6.45, 7) is 5.25. The Labute approximate surface area is 180 Å². The van der Waals surface area contributed by atoms with Gasteiger partial charge in [-0.2, -0.15) is 0 Å². The molecule has 0 bridgehead atoms. The van der Waals surface area contributed by atoms with Crippen LogP contribution in [0.5, 0.6) is 0 Å². The highest BCUT2D eigenvalue weighted by molar-refractivity contribution is 6.30. The smallest absolute Gasteiger partial charge is 0.370 e. The Hall–Kier alpha value is -1.37. The molecule has 2 amide bonds. The standard InChI is InChI=1S/C18H17Cl2FN2O2.2ClH/c1-18(2,3)22(16(24)12-8-10-13(19)11-9-12)23(20)17(25)14-6-4-5-7-15(14)21;;/h4-11H,1-3H3;2*1H. The van der Waals surface area contributed by atoms with E-state index in [2.05, 4.69) is 0 Å². The van der Waals surface area contributed by atoms with Crippen molar-refractivity contribution < 1.29 is 31.4 Å². The average molecular weight is 456 g/mol. The summed E-state index contributed by atoms with van der Waals surface area (Å²) in [5, 5.41) is 0.531. The molecule has 0 aliphatic rings. The molecule has 0 aliphatic heterocycles. The molecular formula is C18H19Cl4FN2O2. The van der Waals surface area contributed by atoms with Crippen molar-refractivity contribution in [3.05, 3.63) is 70.5 Å². The minimum absolute atomic E-state index is 0. The zero-order valence-electron chi connectivity index (χ0n) is 14.8. The molecule has 27 heavy (non-hydrogen) atoms. The predicted molar refractivity (Wildman–Crippen MR) is 102 cm³/mol. The van der Waals surface area contributed by atoms with Gasteiger partial charge < -0.3 is 12.4 Å². The maximum Gasteiger partial charge on any atom is 0.370 e. The molecule has 0 aliphatic carbocycles. The van der Waals surface area contributed by atoms with Crippen LogP contribution in [0.3, 0.4) is 0 Å². The quantitative estimate of drug-likeness (QED) is 0.541. The van der Waals surface area contributed by atoms with E-state index in [4.69, 9.17) is 23.4 Å². The van der Waals surface area contributed by atoms with Gasteiger partial charge in [-0.1, -0.05) is 28.3 Å². The Morgan fingerprint density at radius 1 is 1.04 bits per heavy atom. The number of hydrogen-bond donors (Lipinski definition) is 1. The van der Waals surface area contributed by atoms with Crippen LogP contribution in [0.1, 0.15) is 41.5 Å². The zero-order chi connectivity index (χ0) is 18.8. The summed E-state index contributed by atoms with van der Waals surface area (Å²) in [4.78, 5) is 25.5. The van der Waals surface area contributed by atoms with Gasteiger partial charge in [-0.15, -0.1) is 17.4 Å². The van der Waals surface area contributed by atoms with Gasteiger partial charge in [-0.3, -0.25) is 4.79 Å². The van der Waals surface area contributed by atoms with Gasteiger partial charge in [0.15, 0.2) is 0 Å². The number of carbonyl (C=O) groups excluding carboxylic acids is 2. The lowest BCUT2D eigenvalue weighted by molar-refractivity contribution is -0.951. The van der Waals surface area contributed by atoms with Gasteiger partial charge in [-0.25, -0.2) is 9.18 Å². The largest absolute Gasteiger partial charge is 1.00 e. The summed E-state index contributed by atoms with van der Waals surface area (Å²) in [5.41, 5.74) is -0.621. The molecule has 2 rings (SSSR count). The second kappa shape index (κ2) is 10.2. The molecule has 0 radical (unpaired) electrons. The van der Waals surface area contributed by atoms with Crippen LogP contribution in [0.4, 0.5) is 4.39 Å². The van der Waals surface area contributed by atoms with E-state index in [1.165, 1.54) is 18.2 Å². The highest BCUT2D eigenvalue weighted by atomic mass is 35.5. The highest BCUT2D eigenvalue weighted by Gasteiger charge is 2.42. The lowest BCUT2D eigenvalue weighted by atomic mass is 10.1. The number of halogens is 5. The number of nitrogens with one attached hydrogen (secondary N) is 1. The number of nitrogens with zero attached hydrogens (tertiary/aromatic N) is 1. The Morgan fingerprint density at radius 2 is 1.56 bits per heavy atom. The van der Waals surface area contributed by atoms with E-state index in [0.29, 0.717) is 15.1 Å². The van der Waals surface area contributed by atoms with Crippen molar-refractivity contribution in [1.29, 1.82) is 0 Å². The first kappa shape index (κ1) is 25.6. The summed E-state index contributed by atoms with van der Waals surface area (Å²) in [6, 6.07) is 11.7. The minimum atomic E-state index is -0.799. The Balaban J connectivity index is 0.00000338. The van der Waals surface area contributed by atoms with Crippen LogP contribution in [-0.4, -0.2) is 21.9 Å². The molecule has 2 aromatic carbocycles. The summed E-state index contributed by atoms with van der Waals surface area (Å²) >= 11 is 12.0. The highest BCUT2D eigenvalue weighted by Crippen LogP contribution is 2.12. The third kappa shape index (κ3) is 6.06. The SMILES string of the molecule is CC(C)(C)[NH+](C(=O)c1ccc(Cl)cc1)N(Cl)C(=O)c1ccccc1F.Cl.[Cl-]. The molecule has 148 valence electrons. The van der Waals surface area contributed by atoms with Crippen molar-refractivity contribution in [3.63, 3.8) is 0 Å². The van der Waals surface area contributed by atoms with Crippen molar-refractivity contribution in [2.75, 3.05) is 0 Å². The van der Waals surface area contributed by atoms with Gasteiger partial charge in [0.25, 0.3) is 0 Å². The molecular weight excluding hydrogens is 437 g/mol. The Bertz CT molecular complexity index is 795. The zero-order valence-corrected chi connectivity index (χ0v) is 17.9. The van der Waals surface area contributed by atoms with Crippen LogP contribution >= 0.6 is 35.8 Å². The van der Waals surface area contributed by atoms with Crippen molar-refractivity contribution in [2.24, 2.45) is 0 Å². The fraction of sp³-hybridized carbons (Fsp3) is 0.222. The molecule has 9 heteroatoms. The predicted octanol–water partition coefficient (Wildman–Crippen LogP) is 0.940. The van der Waals surface area contributed by atoms with Gasteiger partial charge in [0.2, 0.25) is 0 Å². The van der Waals surface area contributed by atoms with E-state index in [-0.39, 0.29) is 35.4 Å². The molecule has 0 aromatic heterocycles. The third-order valence-electron chi connectivity index (χ3n) is 3.51. The fourth-order valence-electron chi connectivity index (χ4n) is 2.30. The first-order chi connectivity index (χ1) is 11.6. The molecule has 1 N–H and O–H groups in total. The normalized spacial score (nSPS) is 11.6. The van der Waals surface area contributed by atoms with Crippen LogP contribution in [0.2, 0.25) is 5.02 Å². The summed E-state index contributed by atoms with van der Waals surface area (Å²) in [5.74, 6) is -1.93. The topological polar surface area (TPSA) is 41.8 Å². The molecule has 0 fully saturated rings. The van der Waals surface area contributed by atoms with Crippen molar-refractivity contribution in [3.8, 4) is 0 Å². The van der Waals surface area contributed by atoms with Crippen LogP contribution in [0.25, 0.3) is 0 Å². The van der Waals surface area contributed by atoms with E-state index in [9.17, 15) is 14.0 Å². The van der Waals surface area contributed by atoms with Gasteiger partial charge in [0.05, 0.1) is 22.9 Å². The van der Waals surface area contributed by atoms with Crippen LogP contribution in [0.15, 0.2) is 48.5 Å². The van der Waals surface area contributed by atoms with Crippen LogP contribution in [-0.2, 0) is 0 Å². The second-order valence-electron chi connectivity index (χ2n) is 6.50. The number of benzene rings is 2. The maximum atomic E-state index is 13.9. The van der Waals surface area contributed by atoms with Crippen LogP contribution < -0.4 is 17.4 Å². The second-order valence-corrected chi connectivity index (χ2v) is 7.27. The minimum Gasteiger partial charge on any atom is -1.00 e. The Morgan fingerprint density at radius 3 is 2.04 bits per heavy atom. The first-order valence-corrected chi connectivity index (χ1v) is 8.27. The number of hydrogen-bond acceptors (Lipinski definition) is 2. The molecule has 0 saturated heterocycles. The monoisotopic (exact) mass is 454 g/mol. The van der Waals surface area contributed by atoms with E-state index in [1.807, 2.05) is 0 Å². The summed E-state index contributed by atoms with van der Waals surface area (Å²) in [6.07, 6.45) is 0. The van der Waals surface area contributed by atoms with Gasteiger partial charge in [0.1, 0.15) is 11.4 Å². The van der Waals surface area contributed by atoms with E-state index >= 15 is 0 Å². The maximum absolute atomic E-state index is 13.9. The van der Waals surface area contributed by atoms with Crippen LogP contribution in [0, 0.1) is 5.82 Å². The fourth-order valence-corrected chi connectivity index (χ4v) is 2.85. The van der Waals surface area contributed by atoms with Gasteiger partial charge in [-0.05, 0) is 57.2 Å². The lowest BCUT2D eigenvalue weighted by Gasteiger charge is -2.33. The summed E-state index contributed by atoms with van der Waals surface area (Å²) < 4.78 is 14.6. The van der Waals surface area contributed by atoms with E-state index < -0.39 is 23.2 Å². The van der Waals surface area contributed by atoms with Gasteiger partial charge >= 0.3 is 11.8 Å². The number of quaternary nitrogens is 1. The molecule has 1 atom stereocenters. The molecule has 0 heterocycles. The third-order valence-corrected chi connectivity index (χ3v) is 4.09. The first-order valence-electron chi connectivity index (χ1n) is 7.55.